The molecule has 21 heavy (non-hydrogen) atoms. The molecule has 0 heterocycles. The van der Waals surface area contributed by atoms with Crippen molar-refractivity contribution >= 4 is 18.3 Å². The Morgan fingerprint density at radius 1 is 1.10 bits per heavy atom. The van der Waals surface area contributed by atoms with Gasteiger partial charge in [-0.15, -0.1) is 0 Å². The molecule has 0 saturated heterocycles. The lowest BCUT2D eigenvalue weighted by Gasteiger charge is -2.36. The van der Waals surface area contributed by atoms with E-state index < -0.39 is 18.3 Å². The highest BCUT2D eigenvalue weighted by Crippen LogP contribution is 2.34. The average Bonchev–Trinajstić information content (AvgIpc) is 2.25. The number of nitrogens with one attached hydrogen (secondary N) is 1. The lowest BCUT2D eigenvalue weighted by Crippen LogP contribution is -2.54. The fraction of sp³-hybridized carbons (Fsp3) is 0.600. The topological polar surface area (TPSA) is 49.4 Å². The van der Waals surface area contributed by atoms with E-state index in [1.807, 2.05) is 39.3 Å². The van der Waals surface area contributed by atoms with E-state index in [0.717, 1.165) is 12.1 Å². The molecule has 4 nitrogen and oxygen atoms in total. The lowest BCUT2D eigenvalue weighted by atomic mass is 10.2. The summed E-state index contributed by atoms with van der Waals surface area (Å²) in [6.45, 7) is 11.2. The summed E-state index contributed by atoms with van der Waals surface area (Å²) >= 11 is 0. The number of hydrogen-bond acceptors (Lipinski definition) is 3. The summed E-state index contributed by atoms with van der Waals surface area (Å²) < 4.78 is 28.0. The van der Waals surface area contributed by atoms with Crippen LogP contribution in [-0.4, -0.2) is 35.6 Å². The van der Waals surface area contributed by atoms with Crippen LogP contribution in [0.2, 0.25) is 18.1 Å². The molecule has 0 fully saturated rings. The lowest BCUT2D eigenvalue weighted by molar-refractivity contribution is 0.402. The van der Waals surface area contributed by atoms with E-state index in [0.29, 0.717) is 4.90 Å². The summed E-state index contributed by atoms with van der Waals surface area (Å²) in [5.41, 5.74) is 1.10. The van der Waals surface area contributed by atoms with Crippen LogP contribution in [-0.2, 0) is 16.6 Å². The van der Waals surface area contributed by atoms with Gasteiger partial charge in [-0.3, -0.25) is 0 Å². The minimum atomic E-state index is -3.45. The van der Waals surface area contributed by atoms with E-state index in [1.165, 1.54) is 0 Å². The third kappa shape index (κ3) is 4.91. The van der Waals surface area contributed by atoms with Crippen molar-refractivity contribution in [3.05, 3.63) is 29.8 Å². The van der Waals surface area contributed by atoms with Gasteiger partial charge in [-0.25, -0.2) is 12.8 Å². The van der Waals surface area contributed by atoms with Gasteiger partial charge in [0.25, 0.3) is 0 Å². The molecule has 6 heteroatoms. The van der Waals surface area contributed by atoms with Gasteiger partial charge in [0.05, 0.1) is 4.90 Å². The minimum Gasteiger partial charge on any atom is -0.305 e. The summed E-state index contributed by atoms with van der Waals surface area (Å²) in [4.78, 5) is 2.40. The van der Waals surface area contributed by atoms with Gasteiger partial charge in [0.2, 0.25) is 10.0 Å². The molecule has 0 spiro atoms. The second kappa shape index (κ2) is 6.20. The van der Waals surface area contributed by atoms with Crippen molar-refractivity contribution < 1.29 is 8.42 Å². The predicted octanol–water partition coefficient (Wildman–Crippen LogP) is 3.03. The summed E-state index contributed by atoms with van der Waals surface area (Å²) in [5, 5.41) is -0.0368. The van der Waals surface area contributed by atoms with Crippen molar-refractivity contribution in [3.8, 4) is 0 Å². The molecule has 0 aliphatic carbocycles. The molecule has 0 aromatic heterocycles. The first kappa shape index (κ1) is 18.4. The Labute approximate surface area is 130 Å². The smallest absolute Gasteiger partial charge is 0.234 e. The van der Waals surface area contributed by atoms with Crippen LogP contribution < -0.4 is 4.39 Å². The summed E-state index contributed by atoms with van der Waals surface area (Å²) in [7, 11) is -1.58. The Kier molecular flexibility index (Phi) is 5.42. The van der Waals surface area contributed by atoms with Crippen molar-refractivity contribution in [1.82, 2.24) is 9.29 Å². The monoisotopic (exact) mass is 328 g/mol. The number of hydrogen-bond donors (Lipinski definition) is 1. The third-order valence-corrected chi connectivity index (χ3v) is 11.8. The second-order valence-corrected chi connectivity index (χ2v) is 14.4. The molecule has 1 N–H and O–H groups in total. The molecule has 0 amide bonds. The first-order valence-corrected chi connectivity index (χ1v) is 11.6. The van der Waals surface area contributed by atoms with Crippen LogP contribution in [0, 0.1) is 0 Å². The van der Waals surface area contributed by atoms with E-state index in [2.05, 4.69) is 30.1 Å². The van der Waals surface area contributed by atoms with Crippen LogP contribution >= 0.6 is 0 Å². The van der Waals surface area contributed by atoms with Crippen molar-refractivity contribution in [2.75, 3.05) is 14.1 Å². The zero-order valence-corrected chi connectivity index (χ0v) is 16.0. The fourth-order valence-electron chi connectivity index (χ4n) is 1.69. The Morgan fingerprint density at radius 3 is 1.95 bits per heavy atom. The first-order chi connectivity index (χ1) is 9.35. The molecule has 120 valence electrons. The molecular weight excluding hydrogens is 300 g/mol. The molecule has 1 rings (SSSR count). The maximum Gasteiger partial charge on any atom is 0.234 e. The highest BCUT2D eigenvalue weighted by molar-refractivity contribution is 7.91. The van der Waals surface area contributed by atoms with Crippen LogP contribution in [0.25, 0.3) is 0 Å². The van der Waals surface area contributed by atoms with Gasteiger partial charge < -0.3 is 4.90 Å². The highest BCUT2D eigenvalue weighted by atomic mass is 32.2. The molecule has 0 bridgehead atoms. The van der Waals surface area contributed by atoms with E-state index in [-0.39, 0.29) is 5.04 Å². The van der Waals surface area contributed by atoms with E-state index in [4.69, 9.17) is 0 Å². The molecular formula is C15H28N2O2SSi. The number of nitrogens with zero attached hydrogens (tertiary/aromatic N) is 1. The molecule has 1 aromatic rings. The second-order valence-electron chi connectivity index (χ2n) is 7.36. The van der Waals surface area contributed by atoms with Crippen LogP contribution in [0.3, 0.4) is 0 Å². The van der Waals surface area contributed by atoms with Crippen molar-refractivity contribution in [3.63, 3.8) is 0 Å². The number of sulfonamides is 1. The summed E-state index contributed by atoms with van der Waals surface area (Å²) in [5.74, 6) is 0. The SMILES string of the molecule is CN(C)Cc1ccc(S(=O)(=O)N[Si](C)(C)C(C)(C)C)cc1. The normalized spacial score (nSPS) is 13.7. The molecule has 0 unspecified atom stereocenters. The van der Waals surface area contributed by atoms with Crippen LogP contribution in [0.5, 0.6) is 0 Å². The average molecular weight is 329 g/mol. The number of benzene rings is 1. The Bertz CT molecular complexity index is 573. The minimum absolute atomic E-state index is 0.0368. The number of rotatable bonds is 5. The molecule has 0 aliphatic heterocycles. The highest BCUT2D eigenvalue weighted by Gasteiger charge is 2.39. The van der Waals surface area contributed by atoms with Gasteiger partial charge in [-0.2, -0.15) is 0 Å². The van der Waals surface area contributed by atoms with Gasteiger partial charge >= 0.3 is 0 Å². The standard InChI is InChI=1S/C15H28N2O2SSi/c1-15(2,3)21(6,7)16-20(18,19)14-10-8-13(9-11-14)12-17(4)5/h8-11,16H,12H2,1-7H3. The van der Waals surface area contributed by atoms with Crippen LogP contribution in [0.4, 0.5) is 0 Å². The quantitative estimate of drug-likeness (QED) is 0.845. The molecule has 1 aromatic carbocycles. The summed E-state index contributed by atoms with van der Waals surface area (Å²) in [6.07, 6.45) is 0. The van der Waals surface area contributed by atoms with E-state index in [1.54, 1.807) is 12.1 Å². The van der Waals surface area contributed by atoms with Crippen molar-refractivity contribution in [1.29, 1.82) is 0 Å². The Balaban J connectivity index is 2.99. The van der Waals surface area contributed by atoms with Crippen LogP contribution in [0.15, 0.2) is 29.2 Å². The van der Waals surface area contributed by atoms with Gasteiger partial charge in [-0.05, 0) is 36.8 Å². The van der Waals surface area contributed by atoms with E-state index in [9.17, 15) is 8.42 Å². The van der Waals surface area contributed by atoms with Crippen LogP contribution in [0.1, 0.15) is 26.3 Å². The first-order valence-electron chi connectivity index (χ1n) is 7.13. The predicted molar refractivity (Wildman–Crippen MR) is 91.4 cm³/mol. The fourth-order valence-corrected chi connectivity index (χ4v) is 6.56. The Hall–Kier alpha value is -0.693. The van der Waals surface area contributed by atoms with E-state index >= 15 is 0 Å². The summed E-state index contributed by atoms with van der Waals surface area (Å²) in [6, 6.07) is 7.13. The Morgan fingerprint density at radius 2 is 1.57 bits per heavy atom. The van der Waals surface area contributed by atoms with Crippen molar-refractivity contribution in [2.45, 2.75) is 50.3 Å². The maximum absolute atomic E-state index is 12.5. The van der Waals surface area contributed by atoms with Gasteiger partial charge in [0.1, 0.15) is 8.24 Å². The van der Waals surface area contributed by atoms with Gasteiger partial charge in [-0.1, -0.05) is 46.0 Å². The third-order valence-electron chi connectivity index (χ3n) is 4.00. The van der Waals surface area contributed by atoms with Gasteiger partial charge in [0, 0.05) is 6.54 Å². The molecule has 0 saturated carbocycles. The van der Waals surface area contributed by atoms with Crippen molar-refractivity contribution in [2.24, 2.45) is 0 Å². The molecule has 0 atom stereocenters. The maximum atomic E-state index is 12.5. The van der Waals surface area contributed by atoms with Gasteiger partial charge in [0.15, 0.2) is 0 Å². The molecule has 0 radical (unpaired) electrons. The molecule has 0 aliphatic rings. The zero-order chi connectivity index (χ0) is 16.5. The zero-order valence-electron chi connectivity index (χ0n) is 14.2. The largest absolute Gasteiger partial charge is 0.305 e.